The molecule has 0 aliphatic heterocycles. The molecular weight excluding hydrogens is 288 g/mol. The molecule has 0 heterocycles. The normalized spacial score (nSPS) is 28.9. The molecule has 0 N–H and O–H groups in total. The maximum atomic E-state index is 5.71. The highest BCUT2D eigenvalue weighted by molar-refractivity contribution is 5.80. The van der Waals surface area contributed by atoms with Crippen LogP contribution in [-0.2, 0) is 10.8 Å². The molecule has 3 aliphatic carbocycles. The quantitative estimate of drug-likeness (QED) is 0.589. The first-order valence-electron chi connectivity index (χ1n) is 8.97. The van der Waals surface area contributed by atoms with Gasteiger partial charge in [0.2, 0.25) is 0 Å². The molecule has 0 nitrogen and oxygen atoms in total. The Morgan fingerprint density at radius 1 is 0.667 bits per heavy atom. The van der Waals surface area contributed by atoms with Crippen LogP contribution in [0.5, 0.6) is 0 Å². The molecule has 0 aromatic heterocycles. The van der Waals surface area contributed by atoms with Crippen LogP contribution in [-0.4, -0.2) is 0 Å². The topological polar surface area (TPSA) is 0 Å². The zero-order valence-electron chi connectivity index (χ0n) is 13.9. The SMILES string of the molecule is C#Cc1ccc2c(c1)C13CCCC1(CCC3)c1cc(C#C)ccc1-2. The van der Waals surface area contributed by atoms with Crippen LogP contribution < -0.4 is 0 Å². The standard InChI is InChI=1S/C24H20/c1-3-17-7-9-19-20-10-8-18(4-2)16-22(20)24-13-5-11-23(24,12-6-14-24)21(19)15-17/h1-2,7-10,15-16H,5-6,11-14H2. The number of rotatable bonds is 0. The van der Waals surface area contributed by atoms with Gasteiger partial charge in [0.15, 0.2) is 0 Å². The van der Waals surface area contributed by atoms with E-state index in [0.717, 1.165) is 11.1 Å². The van der Waals surface area contributed by atoms with Gasteiger partial charge in [0.25, 0.3) is 0 Å². The number of fused-ring (bicyclic) bond motifs is 3. The van der Waals surface area contributed by atoms with Crippen molar-refractivity contribution in [2.45, 2.75) is 49.4 Å². The molecule has 0 spiro atoms. The number of terminal acetylenes is 2. The molecule has 2 saturated carbocycles. The second-order valence-electron chi connectivity index (χ2n) is 7.68. The molecule has 2 aromatic carbocycles. The highest BCUT2D eigenvalue weighted by Gasteiger charge is 2.62. The van der Waals surface area contributed by atoms with E-state index >= 15 is 0 Å². The van der Waals surface area contributed by atoms with Gasteiger partial charge in [-0.15, -0.1) is 12.8 Å². The largest absolute Gasteiger partial charge is 0.115 e. The minimum Gasteiger partial charge on any atom is -0.115 e. The van der Waals surface area contributed by atoms with Crippen molar-refractivity contribution >= 4 is 0 Å². The van der Waals surface area contributed by atoms with E-state index in [-0.39, 0.29) is 10.8 Å². The molecular formula is C24H20. The highest BCUT2D eigenvalue weighted by Crippen LogP contribution is 2.69. The lowest BCUT2D eigenvalue weighted by molar-refractivity contribution is 0.299. The van der Waals surface area contributed by atoms with Crippen molar-refractivity contribution in [2.75, 3.05) is 0 Å². The summed E-state index contributed by atoms with van der Waals surface area (Å²) in [6.45, 7) is 0. The van der Waals surface area contributed by atoms with Crippen LogP contribution >= 0.6 is 0 Å². The van der Waals surface area contributed by atoms with Crippen LogP contribution in [0, 0.1) is 24.7 Å². The Morgan fingerprint density at radius 2 is 1.08 bits per heavy atom. The van der Waals surface area contributed by atoms with Gasteiger partial charge in [-0.05, 0) is 72.2 Å². The van der Waals surface area contributed by atoms with Crippen LogP contribution in [0.2, 0.25) is 0 Å². The maximum Gasteiger partial charge on any atom is 0.0245 e. The molecule has 0 radical (unpaired) electrons. The first kappa shape index (κ1) is 13.9. The van der Waals surface area contributed by atoms with Crippen LogP contribution in [0.25, 0.3) is 11.1 Å². The van der Waals surface area contributed by atoms with Crippen molar-refractivity contribution in [1.29, 1.82) is 0 Å². The van der Waals surface area contributed by atoms with Crippen molar-refractivity contribution in [2.24, 2.45) is 0 Å². The van der Waals surface area contributed by atoms with Gasteiger partial charge in [-0.2, -0.15) is 0 Å². The van der Waals surface area contributed by atoms with Crippen LogP contribution in [0.4, 0.5) is 0 Å². The molecule has 2 aromatic rings. The summed E-state index contributed by atoms with van der Waals surface area (Å²) < 4.78 is 0. The van der Waals surface area contributed by atoms with Crippen molar-refractivity contribution < 1.29 is 0 Å². The Morgan fingerprint density at radius 3 is 1.46 bits per heavy atom. The van der Waals surface area contributed by atoms with Crippen molar-refractivity contribution in [1.82, 2.24) is 0 Å². The molecule has 116 valence electrons. The highest BCUT2D eigenvalue weighted by atomic mass is 14.6. The second kappa shape index (κ2) is 4.55. The predicted octanol–water partition coefficient (Wildman–Crippen LogP) is 5.17. The summed E-state index contributed by atoms with van der Waals surface area (Å²) in [5, 5.41) is 0. The Bertz CT molecular complexity index is 857. The lowest BCUT2D eigenvalue weighted by atomic mass is 9.55. The summed E-state index contributed by atoms with van der Waals surface area (Å²) in [4.78, 5) is 0. The van der Waals surface area contributed by atoms with E-state index in [9.17, 15) is 0 Å². The molecule has 24 heavy (non-hydrogen) atoms. The third-order valence-electron chi connectivity index (χ3n) is 7.02. The van der Waals surface area contributed by atoms with Crippen LogP contribution in [0.3, 0.4) is 0 Å². The minimum atomic E-state index is 0.273. The second-order valence-corrected chi connectivity index (χ2v) is 7.68. The van der Waals surface area contributed by atoms with E-state index in [0.29, 0.717) is 0 Å². The fraction of sp³-hybridized carbons (Fsp3) is 0.333. The lowest BCUT2D eigenvalue weighted by Gasteiger charge is -2.48. The zero-order valence-corrected chi connectivity index (χ0v) is 13.9. The number of benzene rings is 2. The van der Waals surface area contributed by atoms with Crippen LogP contribution in [0.1, 0.15) is 60.8 Å². The molecule has 0 unspecified atom stereocenters. The average molecular weight is 308 g/mol. The summed E-state index contributed by atoms with van der Waals surface area (Å²) in [7, 11) is 0. The Labute approximate surface area is 144 Å². The minimum absolute atomic E-state index is 0.273. The third kappa shape index (κ3) is 1.43. The van der Waals surface area contributed by atoms with E-state index in [1.807, 2.05) is 0 Å². The van der Waals surface area contributed by atoms with Gasteiger partial charge in [0.05, 0.1) is 0 Å². The van der Waals surface area contributed by atoms with Gasteiger partial charge in [-0.1, -0.05) is 36.8 Å². The van der Waals surface area contributed by atoms with Gasteiger partial charge < -0.3 is 0 Å². The van der Waals surface area contributed by atoms with E-state index < -0.39 is 0 Å². The van der Waals surface area contributed by atoms with Gasteiger partial charge in [-0.25, -0.2) is 0 Å². The molecule has 0 amide bonds. The Hall–Kier alpha value is -2.44. The summed E-state index contributed by atoms with van der Waals surface area (Å²) in [5.74, 6) is 5.69. The van der Waals surface area contributed by atoms with Crippen molar-refractivity contribution in [3.8, 4) is 35.8 Å². The number of hydrogen-bond acceptors (Lipinski definition) is 0. The molecule has 3 aliphatic rings. The van der Waals surface area contributed by atoms with Crippen molar-refractivity contribution in [3.63, 3.8) is 0 Å². The molecule has 0 saturated heterocycles. The summed E-state index contributed by atoms with van der Waals surface area (Å²) >= 11 is 0. The zero-order chi connectivity index (χ0) is 16.4. The van der Waals surface area contributed by atoms with E-state index in [1.54, 1.807) is 0 Å². The van der Waals surface area contributed by atoms with Gasteiger partial charge in [-0.3, -0.25) is 0 Å². The van der Waals surface area contributed by atoms with Gasteiger partial charge in [0.1, 0.15) is 0 Å². The smallest absolute Gasteiger partial charge is 0.0245 e. The fourth-order valence-corrected chi connectivity index (χ4v) is 6.17. The third-order valence-corrected chi connectivity index (χ3v) is 7.02. The van der Waals surface area contributed by atoms with Gasteiger partial charge in [0, 0.05) is 22.0 Å². The first-order valence-corrected chi connectivity index (χ1v) is 8.97. The summed E-state index contributed by atoms with van der Waals surface area (Å²) in [6, 6.07) is 13.3. The molecule has 0 bridgehead atoms. The van der Waals surface area contributed by atoms with Crippen LogP contribution in [0.15, 0.2) is 36.4 Å². The lowest BCUT2D eigenvalue weighted by Crippen LogP contribution is -2.43. The first-order chi connectivity index (χ1) is 11.7. The van der Waals surface area contributed by atoms with Gasteiger partial charge >= 0.3 is 0 Å². The molecule has 0 heteroatoms. The maximum absolute atomic E-state index is 5.71. The van der Waals surface area contributed by atoms with E-state index in [2.05, 4.69) is 48.2 Å². The van der Waals surface area contributed by atoms with E-state index in [4.69, 9.17) is 12.8 Å². The summed E-state index contributed by atoms with van der Waals surface area (Å²) in [5.41, 5.74) is 8.35. The average Bonchev–Trinajstić information content (AvgIpc) is 3.18. The molecule has 5 rings (SSSR count). The van der Waals surface area contributed by atoms with Crippen molar-refractivity contribution in [3.05, 3.63) is 58.7 Å². The monoisotopic (exact) mass is 308 g/mol. The Balaban J connectivity index is 1.91. The number of hydrogen-bond donors (Lipinski definition) is 0. The molecule has 0 atom stereocenters. The molecule has 2 fully saturated rings. The Kier molecular flexibility index (Phi) is 2.65. The predicted molar refractivity (Wildman–Crippen MR) is 98.8 cm³/mol. The summed E-state index contributed by atoms with van der Waals surface area (Å²) in [6.07, 6.45) is 19.2. The fourth-order valence-electron chi connectivity index (χ4n) is 6.17. The van der Waals surface area contributed by atoms with E-state index in [1.165, 1.54) is 60.8 Å².